The first-order valence-electron chi connectivity index (χ1n) is 9.05. The van der Waals surface area contributed by atoms with Crippen LogP contribution in [0.5, 0.6) is 0 Å². The Kier molecular flexibility index (Phi) is 11.7. The number of ether oxygens (including phenoxy) is 2. The van der Waals surface area contributed by atoms with Crippen molar-refractivity contribution in [2.75, 3.05) is 51.8 Å². The molecular weight excluding hydrogens is 437 g/mol. The fourth-order valence-electron chi connectivity index (χ4n) is 2.90. The van der Waals surface area contributed by atoms with Gasteiger partial charge in [-0.25, -0.2) is 0 Å². The Bertz CT molecular complexity index is 366. The van der Waals surface area contributed by atoms with Gasteiger partial charge in [-0.05, 0) is 25.7 Å². The number of thioether (sulfide) groups is 1. The van der Waals surface area contributed by atoms with Gasteiger partial charge in [0.25, 0.3) is 0 Å². The molecule has 2 unspecified atom stereocenters. The average Bonchev–Trinajstić information content (AvgIpc) is 3.07. The zero-order valence-corrected chi connectivity index (χ0v) is 18.5. The van der Waals surface area contributed by atoms with Crippen molar-refractivity contribution in [1.29, 1.82) is 0 Å². The summed E-state index contributed by atoms with van der Waals surface area (Å²) in [6.07, 6.45) is 2.60. The largest absolute Gasteiger partial charge is 0.377 e. The number of nitrogens with one attached hydrogen (secondary N) is 1. The van der Waals surface area contributed by atoms with Gasteiger partial charge in [-0.3, -0.25) is 4.99 Å². The number of aliphatic imine (C=N–C) groups is 1. The molecule has 0 spiro atoms. The van der Waals surface area contributed by atoms with Crippen LogP contribution in [-0.4, -0.2) is 74.0 Å². The summed E-state index contributed by atoms with van der Waals surface area (Å²) in [7, 11) is 0. The lowest BCUT2D eigenvalue weighted by Gasteiger charge is -2.36. The van der Waals surface area contributed by atoms with E-state index in [-0.39, 0.29) is 24.0 Å². The van der Waals surface area contributed by atoms with Crippen LogP contribution in [0, 0.1) is 5.92 Å². The molecule has 0 aromatic rings. The number of rotatable bonds is 7. The standard InChI is InChI=1S/C17H33N3O2S.HI/c1-4-18-17(20-8-11-23-16(12-20)14(2)3)19-7-10-21-13-15-6-5-9-22-15;/h14-16H,4-13H2,1-3H3,(H,18,19);1H. The Morgan fingerprint density at radius 1 is 1.46 bits per heavy atom. The van der Waals surface area contributed by atoms with Crippen LogP contribution in [0.25, 0.3) is 0 Å². The zero-order valence-electron chi connectivity index (χ0n) is 15.3. The summed E-state index contributed by atoms with van der Waals surface area (Å²) in [5.41, 5.74) is 0. The van der Waals surface area contributed by atoms with Crippen LogP contribution in [0.3, 0.4) is 0 Å². The Morgan fingerprint density at radius 2 is 2.29 bits per heavy atom. The van der Waals surface area contributed by atoms with E-state index in [0.29, 0.717) is 37.0 Å². The van der Waals surface area contributed by atoms with Gasteiger partial charge in [-0.1, -0.05) is 13.8 Å². The number of hydrogen-bond acceptors (Lipinski definition) is 4. The van der Waals surface area contributed by atoms with Crippen molar-refractivity contribution in [3.8, 4) is 0 Å². The molecule has 7 heteroatoms. The maximum Gasteiger partial charge on any atom is 0.194 e. The summed E-state index contributed by atoms with van der Waals surface area (Å²) in [4.78, 5) is 7.16. The third-order valence-corrected chi connectivity index (χ3v) is 5.84. The van der Waals surface area contributed by atoms with E-state index in [1.54, 1.807) is 0 Å². The molecule has 2 rings (SSSR count). The van der Waals surface area contributed by atoms with Crippen LogP contribution >= 0.6 is 35.7 Å². The van der Waals surface area contributed by atoms with Gasteiger partial charge in [0.05, 0.1) is 25.9 Å². The van der Waals surface area contributed by atoms with Crippen LogP contribution < -0.4 is 5.32 Å². The smallest absolute Gasteiger partial charge is 0.194 e. The van der Waals surface area contributed by atoms with Gasteiger partial charge in [-0.2, -0.15) is 11.8 Å². The molecule has 2 aliphatic heterocycles. The summed E-state index contributed by atoms with van der Waals surface area (Å²) in [6.45, 7) is 12.8. The van der Waals surface area contributed by atoms with Gasteiger partial charge in [0, 0.05) is 37.2 Å². The van der Waals surface area contributed by atoms with E-state index in [1.165, 1.54) is 12.2 Å². The van der Waals surface area contributed by atoms with Crippen molar-refractivity contribution in [1.82, 2.24) is 10.2 Å². The Hall–Kier alpha value is 0.270. The van der Waals surface area contributed by atoms with Crippen LogP contribution in [0.4, 0.5) is 0 Å². The highest BCUT2D eigenvalue weighted by Gasteiger charge is 2.24. The third kappa shape index (κ3) is 7.66. The highest BCUT2D eigenvalue weighted by Crippen LogP contribution is 2.24. The predicted octanol–water partition coefficient (Wildman–Crippen LogP) is 2.84. The highest BCUT2D eigenvalue weighted by atomic mass is 127. The van der Waals surface area contributed by atoms with E-state index in [2.05, 4.69) is 42.7 Å². The van der Waals surface area contributed by atoms with E-state index >= 15 is 0 Å². The molecule has 24 heavy (non-hydrogen) atoms. The highest BCUT2D eigenvalue weighted by molar-refractivity contribution is 14.0. The zero-order chi connectivity index (χ0) is 16.5. The van der Waals surface area contributed by atoms with Gasteiger partial charge in [0.1, 0.15) is 0 Å². The van der Waals surface area contributed by atoms with Gasteiger partial charge >= 0.3 is 0 Å². The van der Waals surface area contributed by atoms with E-state index in [4.69, 9.17) is 14.5 Å². The monoisotopic (exact) mass is 471 g/mol. The van der Waals surface area contributed by atoms with Crippen molar-refractivity contribution < 1.29 is 9.47 Å². The molecule has 0 saturated carbocycles. The Labute approximate surface area is 168 Å². The summed E-state index contributed by atoms with van der Waals surface area (Å²) >= 11 is 2.09. The van der Waals surface area contributed by atoms with Gasteiger partial charge in [-0.15, -0.1) is 24.0 Å². The molecule has 2 heterocycles. The second kappa shape index (κ2) is 12.6. The van der Waals surface area contributed by atoms with Gasteiger partial charge in [0.2, 0.25) is 0 Å². The minimum atomic E-state index is 0. The SMILES string of the molecule is CCNC(=NCCOCC1CCCO1)N1CCSC(C(C)C)C1.I. The summed E-state index contributed by atoms with van der Waals surface area (Å²) in [6, 6.07) is 0. The molecule has 2 aliphatic rings. The van der Waals surface area contributed by atoms with Crippen molar-refractivity contribution in [3.05, 3.63) is 0 Å². The summed E-state index contributed by atoms with van der Waals surface area (Å²) in [5, 5.41) is 4.13. The summed E-state index contributed by atoms with van der Waals surface area (Å²) < 4.78 is 11.3. The first-order chi connectivity index (χ1) is 11.2. The third-order valence-electron chi connectivity index (χ3n) is 4.30. The predicted molar refractivity (Wildman–Crippen MR) is 114 cm³/mol. The van der Waals surface area contributed by atoms with Crippen molar-refractivity contribution in [2.24, 2.45) is 10.9 Å². The second-order valence-electron chi connectivity index (χ2n) is 6.54. The maximum atomic E-state index is 5.71. The fourth-order valence-corrected chi connectivity index (χ4v) is 4.20. The molecule has 0 amide bonds. The van der Waals surface area contributed by atoms with Crippen molar-refractivity contribution in [2.45, 2.75) is 45.0 Å². The number of hydrogen-bond donors (Lipinski definition) is 1. The van der Waals surface area contributed by atoms with Crippen LogP contribution in [0.15, 0.2) is 4.99 Å². The molecule has 0 bridgehead atoms. The average molecular weight is 471 g/mol. The number of nitrogens with zero attached hydrogens (tertiary/aromatic N) is 2. The molecule has 0 aromatic heterocycles. The minimum absolute atomic E-state index is 0. The van der Waals surface area contributed by atoms with Crippen LogP contribution in [0.2, 0.25) is 0 Å². The Morgan fingerprint density at radius 3 is 2.96 bits per heavy atom. The lowest BCUT2D eigenvalue weighted by atomic mass is 10.1. The molecule has 5 nitrogen and oxygen atoms in total. The van der Waals surface area contributed by atoms with Crippen molar-refractivity contribution >= 4 is 41.7 Å². The molecule has 2 atom stereocenters. The van der Waals surface area contributed by atoms with E-state index < -0.39 is 0 Å². The quantitative estimate of drug-likeness (QED) is 0.268. The molecule has 2 saturated heterocycles. The Balaban J connectivity index is 0.00000288. The lowest BCUT2D eigenvalue weighted by molar-refractivity contribution is 0.0199. The normalized spacial score (nSPS) is 25.0. The lowest BCUT2D eigenvalue weighted by Crippen LogP contribution is -2.49. The molecular formula is C17H34IN3O2S. The van der Waals surface area contributed by atoms with Gasteiger partial charge < -0.3 is 19.7 Å². The topological polar surface area (TPSA) is 46.1 Å². The summed E-state index contributed by atoms with van der Waals surface area (Å²) in [5.74, 6) is 2.93. The first kappa shape index (κ1) is 22.3. The van der Waals surface area contributed by atoms with Crippen LogP contribution in [-0.2, 0) is 9.47 Å². The molecule has 0 radical (unpaired) electrons. The van der Waals surface area contributed by atoms with Gasteiger partial charge in [0.15, 0.2) is 5.96 Å². The number of guanidine groups is 1. The van der Waals surface area contributed by atoms with Crippen LogP contribution in [0.1, 0.15) is 33.6 Å². The molecule has 1 N–H and O–H groups in total. The number of halogens is 1. The fraction of sp³-hybridized carbons (Fsp3) is 0.941. The molecule has 0 aliphatic carbocycles. The van der Waals surface area contributed by atoms with E-state index in [0.717, 1.165) is 38.6 Å². The van der Waals surface area contributed by atoms with Crippen molar-refractivity contribution in [3.63, 3.8) is 0 Å². The minimum Gasteiger partial charge on any atom is -0.377 e. The molecule has 0 aromatic carbocycles. The van der Waals surface area contributed by atoms with E-state index in [1.807, 2.05) is 0 Å². The maximum absolute atomic E-state index is 5.71. The van der Waals surface area contributed by atoms with E-state index in [9.17, 15) is 0 Å². The molecule has 2 fully saturated rings. The second-order valence-corrected chi connectivity index (χ2v) is 7.89. The first-order valence-corrected chi connectivity index (χ1v) is 10.1. The molecule has 142 valence electrons.